The van der Waals surface area contributed by atoms with Gasteiger partial charge in [-0.25, -0.2) is 4.79 Å². The van der Waals surface area contributed by atoms with Crippen LogP contribution in [0.4, 0.5) is 4.79 Å². The SMILES string of the molecule is CC1([C@](O)(c2ccc(C3CC3)cc2)c2cncc(-c3nc(C4CCOCC4)no3)c2)CN(C(=O)O)C1. The summed E-state index contributed by atoms with van der Waals surface area (Å²) in [5.74, 6) is 1.81. The molecule has 6 rings (SSSR count). The molecule has 1 amide bonds. The molecule has 36 heavy (non-hydrogen) atoms. The van der Waals surface area contributed by atoms with Crippen molar-refractivity contribution in [2.45, 2.75) is 50.0 Å². The second kappa shape index (κ2) is 8.67. The highest BCUT2D eigenvalue weighted by Crippen LogP contribution is 2.51. The van der Waals surface area contributed by atoms with Crippen molar-refractivity contribution in [3.8, 4) is 11.5 Å². The average Bonchev–Trinajstić information content (AvgIpc) is 3.62. The van der Waals surface area contributed by atoms with E-state index in [4.69, 9.17) is 9.26 Å². The van der Waals surface area contributed by atoms with E-state index < -0.39 is 17.1 Å². The standard InChI is InChI=1S/C27H30N4O5/c1-26(15-31(16-26)25(32)33)27(34,21-6-4-18(5-7-21)17-2-3-17)22-12-20(13-28-14-22)24-29-23(30-36-24)19-8-10-35-11-9-19/h4-7,12-14,17,19,34H,2-3,8-11,15-16H2,1H3,(H,32,33)/t27-/m0/s1. The number of ether oxygens (including phenoxy) is 1. The molecule has 9 heteroatoms. The Hall–Kier alpha value is -3.30. The van der Waals surface area contributed by atoms with E-state index in [0.717, 1.165) is 12.8 Å². The number of aliphatic hydroxyl groups is 1. The summed E-state index contributed by atoms with van der Waals surface area (Å²) in [5.41, 5.74) is 0.960. The minimum atomic E-state index is -1.46. The number of rotatable bonds is 6. The van der Waals surface area contributed by atoms with E-state index in [1.54, 1.807) is 12.4 Å². The maximum Gasteiger partial charge on any atom is 0.407 e. The van der Waals surface area contributed by atoms with Crippen LogP contribution >= 0.6 is 0 Å². The highest BCUT2D eigenvalue weighted by Gasteiger charge is 2.57. The number of benzene rings is 1. The summed E-state index contributed by atoms with van der Waals surface area (Å²) in [6, 6.07) is 9.91. The third-order valence-electron chi connectivity index (χ3n) is 8.03. The van der Waals surface area contributed by atoms with Crippen LogP contribution in [0.2, 0.25) is 0 Å². The summed E-state index contributed by atoms with van der Waals surface area (Å²) in [6.45, 7) is 3.71. The predicted molar refractivity (Wildman–Crippen MR) is 129 cm³/mol. The first-order chi connectivity index (χ1) is 17.4. The molecular formula is C27H30N4O5. The van der Waals surface area contributed by atoms with Crippen molar-refractivity contribution in [1.29, 1.82) is 0 Å². The third kappa shape index (κ3) is 3.87. The molecule has 9 nitrogen and oxygen atoms in total. The van der Waals surface area contributed by atoms with Gasteiger partial charge in [0.05, 0.1) is 5.56 Å². The Kier molecular flexibility index (Phi) is 5.57. The van der Waals surface area contributed by atoms with Gasteiger partial charge in [-0.1, -0.05) is 36.3 Å². The van der Waals surface area contributed by atoms with E-state index in [1.165, 1.54) is 23.3 Å². The van der Waals surface area contributed by atoms with Gasteiger partial charge in [-0.3, -0.25) is 4.98 Å². The van der Waals surface area contributed by atoms with Crippen molar-refractivity contribution < 1.29 is 24.3 Å². The van der Waals surface area contributed by atoms with Gasteiger partial charge in [0.25, 0.3) is 5.89 Å². The Labute approximate surface area is 209 Å². The molecule has 0 spiro atoms. The van der Waals surface area contributed by atoms with E-state index in [-0.39, 0.29) is 19.0 Å². The van der Waals surface area contributed by atoms with E-state index >= 15 is 0 Å². The molecule has 1 atom stereocenters. The van der Waals surface area contributed by atoms with Gasteiger partial charge < -0.3 is 24.4 Å². The molecule has 1 aliphatic carbocycles. The number of hydrogen-bond donors (Lipinski definition) is 2. The maximum absolute atomic E-state index is 12.4. The average molecular weight is 491 g/mol. The normalized spacial score (nSPS) is 21.6. The second-order valence-corrected chi connectivity index (χ2v) is 10.6. The van der Waals surface area contributed by atoms with Gasteiger partial charge in [0.15, 0.2) is 5.82 Å². The fraction of sp³-hybridized carbons (Fsp3) is 0.481. The molecule has 4 heterocycles. The van der Waals surface area contributed by atoms with Gasteiger partial charge in [-0.15, -0.1) is 0 Å². The fourth-order valence-electron chi connectivity index (χ4n) is 5.67. The molecule has 2 N–H and O–H groups in total. The van der Waals surface area contributed by atoms with E-state index in [1.807, 2.05) is 25.1 Å². The summed E-state index contributed by atoms with van der Waals surface area (Å²) < 4.78 is 11.0. The number of aromatic nitrogens is 3. The van der Waals surface area contributed by atoms with Crippen LogP contribution in [0.15, 0.2) is 47.2 Å². The number of pyridine rings is 1. The van der Waals surface area contributed by atoms with Gasteiger partial charge in [0, 0.05) is 55.6 Å². The lowest BCUT2D eigenvalue weighted by Crippen LogP contribution is -2.66. The van der Waals surface area contributed by atoms with Crippen molar-refractivity contribution >= 4 is 6.09 Å². The molecule has 2 saturated heterocycles. The number of hydrogen-bond acceptors (Lipinski definition) is 7. The van der Waals surface area contributed by atoms with Crippen molar-refractivity contribution in [2.75, 3.05) is 26.3 Å². The van der Waals surface area contributed by atoms with Crippen molar-refractivity contribution in [2.24, 2.45) is 5.41 Å². The Bertz CT molecular complexity index is 1260. The van der Waals surface area contributed by atoms with Gasteiger partial charge in [-0.2, -0.15) is 4.98 Å². The van der Waals surface area contributed by atoms with Crippen LogP contribution in [0.3, 0.4) is 0 Å². The molecule has 0 unspecified atom stereocenters. The van der Waals surface area contributed by atoms with Gasteiger partial charge in [0.2, 0.25) is 0 Å². The summed E-state index contributed by atoms with van der Waals surface area (Å²) in [4.78, 5) is 21.9. The molecule has 0 radical (unpaired) electrons. The third-order valence-corrected chi connectivity index (χ3v) is 8.03. The molecule has 2 aromatic heterocycles. The van der Waals surface area contributed by atoms with Crippen molar-refractivity contribution in [3.05, 3.63) is 65.2 Å². The first-order valence-electron chi connectivity index (χ1n) is 12.6. The quantitative estimate of drug-likeness (QED) is 0.529. The molecule has 188 valence electrons. The Morgan fingerprint density at radius 3 is 2.44 bits per heavy atom. The van der Waals surface area contributed by atoms with Gasteiger partial charge in [-0.05, 0) is 48.8 Å². The molecule has 3 fully saturated rings. The van der Waals surface area contributed by atoms with Crippen LogP contribution in [0.25, 0.3) is 11.5 Å². The van der Waals surface area contributed by atoms with Gasteiger partial charge in [0.1, 0.15) is 5.60 Å². The van der Waals surface area contributed by atoms with Crippen LogP contribution in [-0.2, 0) is 10.3 Å². The topological polar surface area (TPSA) is 122 Å². The zero-order chi connectivity index (χ0) is 24.9. The largest absolute Gasteiger partial charge is 0.465 e. The highest BCUT2D eigenvalue weighted by atomic mass is 16.5. The smallest absolute Gasteiger partial charge is 0.407 e. The summed E-state index contributed by atoms with van der Waals surface area (Å²) in [5, 5.41) is 26.1. The zero-order valence-corrected chi connectivity index (χ0v) is 20.3. The number of nitrogens with zero attached hydrogens (tertiary/aromatic N) is 4. The Morgan fingerprint density at radius 1 is 1.06 bits per heavy atom. The van der Waals surface area contributed by atoms with Crippen molar-refractivity contribution in [1.82, 2.24) is 20.0 Å². The first-order valence-corrected chi connectivity index (χ1v) is 12.6. The molecule has 0 bridgehead atoms. The van der Waals surface area contributed by atoms with Crippen LogP contribution in [0.5, 0.6) is 0 Å². The zero-order valence-electron chi connectivity index (χ0n) is 20.3. The Balaban J connectivity index is 1.37. The van der Waals surface area contributed by atoms with E-state index in [9.17, 15) is 15.0 Å². The van der Waals surface area contributed by atoms with Crippen LogP contribution in [0.1, 0.15) is 67.0 Å². The van der Waals surface area contributed by atoms with Crippen molar-refractivity contribution in [3.63, 3.8) is 0 Å². The lowest BCUT2D eigenvalue weighted by Gasteiger charge is -2.55. The summed E-state index contributed by atoms with van der Waals surface area (Å²) in [7, 11) is 0. The molecule has 1 aromatic carbocycles. The molecular weight excluding hydrogens is 460 g/mol. The number of likely N-dealkylation sites (tertiary alicyclic amines) is 1. The second-order valence-electron chi connectivity index (χ2n) is 10.6. The lowest BCUT2D eigenvalue weighted by atomic mass is 9.62. The summed E-state index contributed by atoms with van der Waals surface area (Å²) >= 11 is 0. The van der Waals surface area contributed by atoms with E-state index in [2.05, 4.69) is 27.3 Å². The lowest BCUT2D eigenvalue weighted by molar-refractivity contribution is -0.124. The molecule has 3 aliphatic rings. The molecule has 1 saturated carbocycles. The first kappa shape index (κ1) is 23.1. The minimum Gasteiger partial charge on any atom is -0.465 e. The maximum atomic E-state index is 12.4. The monoisotopic (exact) mass is 490 g/mol. The summed E-state index contributed by atoms with van der Waals surface area (Å²) in [6.07, 6.45) is 6.40. The number of carbonyl (C=O) groups is 1. The van der Waals surface area contributed by atoms with Crippen LogP contribution in [-0.4, -0.2) is 62.6 Å². The predicted octanol–water partition coefficient (Wildman–Crippen LogP) is 4.14. The van der Waals surface area contributed by atoms with Gasteiger partial charge >= 0.3 is 6.09 Å². The Morgan fingerprint density at radius 2 is 1.78 bits per heavy atom. The van der Waals surface area contributed by atoms with Crippen LogP contribution in [0, 0.1) is 5.41 Å². The van der Waals surface area contributed by atoms with E-state index in [0.29, 0.717) is 47.5 Å². The number of amides is 1. The van der Waals surface area contributed by atoms with Crippen LogP contribution < -0.4 is 0 Å². The molecule has 2 aliphatic heterocycles. The highest BCUT2D eigenvalue weighted by molar-refractivity contribution is 5.67. The minimum absolute atomic E-state index is 0.199. The fourth-order valence-corrected chi connectivity index (χ4v) is 5.67. The number of carboxylic acid groups (broad SMARTS) is 1. The molecule has 3 aromatic rings.